The van der Waals surface area contributed by atoms with E-state index in [-0.39, 0.29) is 5.54 Å². The van der Waals surface area contributed by atoms with Crippen LogP contribution >= 0.6 is 0 Å². The van der Waals surface area contributed by atoms with Gasteiger partial charge in [0.1, 0.15) is 0 Å². The van der Waals surface area contributed by atoms with E-state index in [1.165, 1.54) is 27.9 Å². The predicted octanol–water partition coefficient (Wildman–Crippen LogP) is 5.93. The van der Waals surface area contributed by atoms with Gasteiger partial charge >= 0.3 is 0 Å². The third-order valence-corrected chi connectivity index (χ3v) is 5.19. The van der Waals surface area contributed by atoms with E-state index in [0.29, 0.717) is 12.0 Å². The molecule has 116 valence electrons. The van der Waals surface area contributed by atoms with Crippen LogP contribution in [-0.4, -0.2) is 0 Å². The fraction of sp³-hybridized carbons (Fsp3) is 0.429. The summed E-state index contributed by atoms with van der Waals surface area (Å²) in [6, 6.07) is 16.0. The summed E-state index contributed by atoms with van der Waals surface area (Å²) in [7, 11) is 0. The minimum atomic E-state index is 0.0196. The summed E-state index contributed by atoms with van der Waals surface area (Å²) in [6.45, 7) is 13.9. The first kappa shape index (κ1) is 15.1. The maximum atomic E-state index is 2.63. The predicted molar refractivity (Wildman–Crippen MR) is 95.6 cm³/mol. The third-order valence-electron chi connectivity index (χ3n) is 5.19. The largest absolute Gasteiger partial charge is 0.355 e. The number of fused-ring (bicyclic) bond motifs is 1. The van der Waals surface area contributed by atoms with E-state index >= 15 is 0 Å². The minimum absolute atomic E-state index is 0.0196. The summed E-state index contributed by atoms with van der Waals surface area (Å²) < 4.78 is 0. The van der Waals surface area contributed by atoms with Crippen LogP contribution in [0.25, 0.3) is 0 Å². The zero-order chi connectivity index (χ0) is 16.1. The Bertz CT molecular complexity index is 697. The van der Waals surface area contributed by atoms with Crippen molar-refractivity contribution in [1.29, 1.82) is 0 Å². The number of para-hydroxylation sites is 1. The van der Waals surface area contributed by atoms with Crippen LogP contribution in [0, 0.1) is 6.92 Å². The number of benzene rings is 2. The van der Waals surface area contributed by atoms with Crippen molar-refractivity contribution in [3.05, 3.63) is 64.7 Å². The van der Waals surface area contributed by atoms with Crippen molar-refractivity contribution in [3.63, 3.8) is 0 Å². The maximum Gasteiger partial charge on any atom is 0.0607 e. The number of anilines is 1. The summed E-state index contributed by atoms with van der Waals surface area (Å²) in [4.78, 5) is 2.63. The fourth-order valence-electron chi connectivity index (χ4n) is 4.12. The monoisotopic (exact) mass is 293 g/mol. The highest BCUT2D eigenvalue weighted by Crippen LogP contribution is 2.50. The Hall–Kier alpha value is -1.76. The van der Waals surface area contributed by atoms with Gasteiger partial charge in [-0.3, -0.25) is 0 Å². The molecule has 1 heterocycles. The first-order valence-corrected chi connectivity index (χ1v) is 8.34. The summed E-state index contributed by atoms with van der Waals surface area (Å²) in [6.07, 6.45) is 0. The van der Waals surface area contributed by atoms with Crippen LogP contribution in [0.1, 0.15) is 68.8 Å². The second-order valence-corrected chi connectivity index (χ2v) is 7.36. The molecule has 2 aromatic carbocycles. The lowest BCUT2D eigenvalue weighted by Gasteiger charge is -2.40. The molecule has 0 N–H and O–H groups in total. The highest BCUT2D eigenvalue weighted by atomic mass is 15.2. The van der Waals surface area contributed by atoms with Crippen LogP contribution in [0.4, 0.5) is 5.69 Å². The molecule has 0 bridgehead atoms. The summed E-state index contributed by atoms with van der Waals surface area (Å²) in [5.41, 5.74) is 7.19. The normalized spacial score (nSPS) is 19.6. The van der Waals surface area contributed by atoms with E-state index in [2.05, 4.69) is 88.9 Å². The van der Waals surface area contributed by atoms with Gasteiger partial charge in [-0.1, -0.05) is 56.3 Å². The van der Waals surface area contributed by atoms with Crippen molar-refractivity contribution >= 4 is 5.69 Å². The number of aryl methyl sites for hydroxylation is 1. The SMILES string of the molecule is Cc1cccc(C(C)C)c1N1[C@@H](C)c2ccccc2C1(C)C. The first-order chi connectivity index (χ1) is 10.4. The molecule has 0 spiro atoms. The van der Waals surface area contributed by atoms with Crippen molar-refractivity contribution in [3.8, 4) is 0 Å². The van der Waals surface area contributed by atoms with Gasteiger partial charge in [-0.15, -0.1) is 0 Å². The molecule has 0 aliphatic carbocycles. The van der Waals surface area contributed by atoms with Crippen LogP contribution in [0.2, 0.25) is 0 Å². The molecule has 0 saturated heterocycles. The second-order valence-electron chi connectivity index (χ2n) is 7.36. The van der Waals surface area contributed by atoms with Crippen LogP contribution in [0.5, 0.6) is 0 Å². The van der Waals surface area contributed by atoms with Gasteiger partial charge in [0.05, 0.1) is 11.6 Å². The van der Waals surface area contributed by atoms with E-state index in [1.807, 2.05) is 0 Å². The maximum absolute atomic E-state index is 2.63. The van der Waals surface area contributed by atoms with Crippen LogP contribution in [-0.2, 0) is 5.54 Å². The Kier molecular flexibility index (Phi) is 3.55. The molecule has 1 aliphatic rings. The fourth-order valence-corrected chi connectivity index (χ4v) is 4.12. The Morgan fingerprint density at radius 1 is 1.00 bits per heavy atom. The molecular weight excluding hydrogens is 266 g/mol. The lowest BCUT2D eigenvalue weighted by atomic mass is 9.91. The first-order valence-electron chi connectivity index (χ1n) is 8.34. The Morgan fingerprint density at radius 3 is 2.32 bits per heavy atom. The van der Waals surface area contributed by atoms with E-state index in [0.717, 1.165) is 0 Å². The summed E-state index contributed by atoms with van der Waals surface area (Å²) in [5, 5.41) is 0. The average Bonchev–Trinajstić information content (AvgIpc) is 2.67. The molecule has 0 unspecified atom stereocenters. The van der Waals surface area contributed by atoms with E-state index < -0.39 is 0 Å². The molecule has 1 aliphatic heterocycles. The van der Waals surface area contributed by atoms with Crippen LogP contribution in [0.15, 0.2) is 42.5 Å². The second kappa shape index (κ2) is 5.15. The zero-order valence-corrected chi connectivity index (χ0v) is 14.6. The van der Waals surface area contributed by atoms with Gasteiger partial charge in [-0.05, 0) is 55.9 Å². The smallest absolute Gasteiger partial charge is 0.0607 e. The van der Waals surface area contributed by atoms with Crippen molar-refractivity contribution < 1.29 is 0 Å². The van der Waals surface area contributed by atoms with Gasteiger partial charge < -0.3 is 4.90 Å². The quantitative estimate of drug-likeness (QED) is 0.663. The minimum Gasteiger partial charge on any atom is -0.355 e. The molecule has 0 aromatic heterocycles. The molecule has 1 nitrogen and oxygen atoms in total. The van der Waals surface area contributed by atoms with E-state index in [9.17, 15) is 0 Å². The molecule has 0 saturated carbocycles. The number of hydrogen-bond donors (Lipinski definition) is 0. The lowest BCUT2D eigenvalue weighted by Crippen LogP contribution is -2.38. The summed E-state index contributed by atoms with van der Waals surface area (Å²) in [5.74, 6) is 0.529. The molecule has 1 atom stereocenters. The number of hydrogen-bond acceptors (Lipinski definition) is 1. The van der Waals surface area contributed by atoms with Gasteiger partial charge in [0.15, 0.2) is 0 Å². The van der Waals surface area contributed by atoms with Gasteiger partial charge in [-0.25, -0.2) is 0 Å². The molecule has 0 fully saturated rings. The number of rotatable bonds is 2. The van der Waals surface area contributed by atoms with Gasteiger partial charge in [0.25, 0.3) is 0 Å². The van der Waals surface area contributed by atoms with Gasteiger partial charge in [-0.2, -0.15) is 0 Å². The average molecular weight is 293 g/mol. The third kappa shape index (κ3) is 2.06. The molecule has 2 aromatic rings. The van der Waals surface area contributed by atoms with E-state index in [4.69, 9.17) is 0 Å². The van der Waals surface area contributed by atoms with Gasteiger partial charge in [0, 0.05) is 5.69 Å². The Labute approximate surface area is 135 Å². The number of nitrogens with zero attached hydrogens (tertiary/aromatic N) is 1. The molecular formula is C21H27N. The molecule has 1 heteroatoms. The van der Waals surface area contributed by atoms with Crippen molar-refractivity contribution in [2.45, 2.75) is 59.0 Å². The molecule has 22 heavy (non-hydrogen) atoms. The zero-order valence-electron chi connectivity index (χ0n) is 14.6. The molecule has 0 amide bonds. The van der Waals surface area contributed by atoms with Crippen molar-refractivity contribution in [2.24, 2.45) is 0 Å². The Morgan fingerprint density at radius 2 is 1.68 bits per heavy atom. The standard InChI is InChI=1S/C21H27N/c1-14(2)17-12-9-10-15(3)20(17)22-16(4)18-11-7-8-13-19(18)21(22,5)6/h7-14,16H,1-6H3/t16-/m0/s1. The van der Waals surface area contributed by atoms with E-state index in [1.54, 1.807) is 0 Å². The highest BCUT2D eigenvalue weighted by molar-refractivity contribution is 5.67. The molecule has 3 rings (SSSR count). The topological polar surface area (TPSA) is 3.24 Å². The lowest BCUT2D eigenvalue weighted by molar-refractivity contribution is 0.483. The van der Waals surface area contributed by atoms with Crippen molar-refractivity contribution in [1.82, 2.24) is 0 Å². The van der Waals surface area contributed by atoms with Crippen molar-refractivity contribution in [2.75, 3.05) is 4.90 Å². The molecule has 0 radical (unpaired) electrons. The van der Waals surface area contributed by atoms with Gasteiger partial charge in [0.2, 0.25) is 0 Å². The summed E-state index contributed by atoms with van der Waals surface area (Å²) >= 11 is 0. The highest BCUT2D eigenvalue weighted by Gasteiger charge is 2.43. The Balaban J connectivity index is 2.23. The van der Waals surface area contributed by atoms with Crippen LogP contribution in [0.3, 0.4) is 0 Å². The van der Waals surface area contributed by atoms with Crippen LogP contribution < -0.4 is 4.90 Å².